The molecule has 9 heteroatoms. The number of carbonyl (C=O) groups is 1. The molecule has 5 heterocycles. The summed E-state index contributed by atoms with van der Waals surface area (Å²) in [5, 5.41) is 21.4. The molecule has 170 valence electrons. The fraction of sp³-hybridized carbons (Fsp3) is 0.375. The maximum Gasteiger partial charge on any atom is 0.343 e. The summed E-state index contributed by atoms with van der Waals surface area (Å²) < 4.78 is 17.8. The lowest BCUT2D eigenvalue weighted by atomic mass is 9.86. The number of ether oxygens (including phenoxy) is 3. The average molecular weight is 450 g/mol. The van der Waals surface area contributed by atoms with Crippen molar-refractivity contribution in [1.29, 1.82) is 0 Å². The van der Waals surface area contributed by atoms with Gasteiger partial charge in [0.05, 0.1) is 29.0 Å². The van der Waals surface area contributed by atoms with Crippen LogP contribution >= 0.6 is 0 Å². The molecule has 0 amide bonds. The van der Waals surface area contributed by atoms with Gasteiger partial charge in [-0.15, -0.1) is 0 Å². The SMILES string of the molecule is CCC1(O)C(=O)OCc2c1cc1n(c2=O)Cc2c-1nc1cc3c(cc1c2CCCO)OCO3. The van der Waals surface area contributed by atoms with Crippen LogP contribution in [0.5, 0.6) is 11.5 Å². The van der Waals surface area contributed by atoms with Gasteiger partial charge in [0.15, 0.2) is 17.1 Å². The zero-order valence-electron chi connectivity index (χ0n) is 18.0. The van der Waals surface area contributed by atoms with Crippen molar-refractivity contribution >= 4 is 16.9 Å². The van der Waals surface area contributed by atoms with Gasteiger partial charge in [0.25, 0.3) is 5.56 Å². The van der Waals surface area contributed by atoms with Crippen LogP contribution in [0, 0.1) is 0 Å². The van der Waals surface area contributed by atoms with Gasteiger partial charge in [-0.2, -0.15) is 0 Å². The normalized spacial score (nSPS) is 19.9. The van der Waals surface area contributed by atoms with E-state index in [1.165, 1.54) is 0 Å². The van der Waals surface area contributed by atoms with E-state index in [1.54, 1.807) is 17.6 Å². The van der Waals surface area contributed by atoms with E-state index in [2.05, 4.69) is 0 Å². The number of cyclic esters (lactones) is 1. The molecule has 1 unspecified atom stereocenters. The summed E-state index contributed by atoms with van der Waals surface area (Å²) >= 11 is 0. The Kier molecular flexibility index (Phi) is 4.30. The second kappa shape index (κ2) is 7.03. The molecule has 3 aliphatic heterocycles. The number of hydrogen-bond acceptors (Lipinski definition) is 8. The molecule has 3 aromatic rings. The predicted octanol–water partition coefficient (Wildman–Crippen LogP) is 1.73. The lowest BCUT2D eigenvalue weighted by molar-refractivity contribution is -0.172. The quantitative estimate of drug-likeness (QED) is 0.451. The molecule has 0 saturated carbocycles. The van der Waals surface area contributed by atoms with E-state index in [4.69, 9.17) is 19.2 Å². The molecule has 2 N–H and O–H groups in total. The molecule has 0 bridgehead atoms. The Bertz CT molecular complexity index is 1410. The van der Waals surface area contributed by atoms with Crippen LogP contribution in [0.2, 0.25) is 0 Å². The fourth-order valence-corrected chi connectivity index (χ4v) is 5.09. The van der Waals surface area contributed by atoms with Gasteiger partial charge in [-0.3, -0.25) is 4.79 Å². The standard InChI is InChI=1S/C24H22N2O7/c1-2-24(30)16-7-18-21-14(9-26(18)22(28)15(16)10-31-23(24)29)12(4-3-5-27)13-6-19-20(33-11-32-19)8-17(13)25-21/h6-8,27,30H,2-5,9-11H2,1H3. The highest BCUT2D eigenvalue weighted by Gasteiger charge is 2.45. The summed E-state index contributed by atoms with van der Waals surface area (Å²) in [5.74, 6) is 0.496. The van der Waals surface area contributed by atoms with Crippen molar-refractivity contribution in [3.63, 3.8) is 0 Å². The van der Waals surface area contributed by atoms with Crippen molar-refractivity contribution in [2.24, 2.45) is 0 Å². The smallest absolute Gasteiger partial charge is 0.343 e. The molecule has 0 fully saturated rings. The molecule has 2 aromatic heterocycles. The summed E-state index contributed by atoms with van der Waals surface area (Å²) in [6.45, 7) is 2.00. The molecular formula is C24H22N2O7. The van der Waals surface area contributed by atoms with Crippen LogP contribution in [0.4, 0.5) is 0 Å². The Morgan fingerprint density at radius 2 is 1.91 bits per heavy atom. The highest BCUT2D eigenvalue weighted by Crippen LogP contribution is 2.43. The van der Waals surface area contributed by atoms with E-state index in [9.17, 15) is 19.8 Å². The van der Waals surface area contributed by atoms with Crippen LogP contribution in [0.1, 0.15) is 42.0 Å². The number of aliphatic hydroxyl groups excluding tert-OH is 1. The van der Waals surface area contributed by atoms with Crippen molar-refractivity contribution in [2.45, 2.75) is 44.9 Å². The largest absolute Gasteiger partial charge is 0.458 e. The third-order valence-corrected chi connectivity index (χ3v) is 6.88. The fourth-order valence-electron chi connectivity index (χ4n) is 5.09. The van der Waals surface area contributed by atoms with Crippen LogP contribution in [-0.4, -0.2) is 39.1 Å². The topological polar surface area (TPSA) is 120 Å². The summed E-state index contributed by atoms with van der Waals surface area (Å²) in [5.41, 5.74) is 2.16. The van der Waals surface area contributed by atoms with Crippen molar-refractivity contribution in [2.75, 3.05) is 13.4 Å². The first-order valence-electron chi connectivity index (χ1n) is 11.0. The first-order valence-corrected chi connectivity index (χ1v) is 11.0. The third kappa shape index (κ3) is 2.69. The van der Waals surface area contributed by atoms with Gasteiger partial charge in [0, 0.05) is 29.2 Å². The van der Waals surface area contributed by atoms with Crippen molar-refractivity contribution in [3.05, 3.63) is 50.8 Å². The molecule has 9 nitrogen and oxygen atoms in total. The molecular weight excluding hydrogens is 428 g/mol. The predicted molar refractivity (Wildman–Crippen MR) is 116 cm³/mol. The number of benzene rings is 1. The number of aliphatic hydroxyl groups is 2. The molecule has 0 radical (unpaired) electrons. The minimum atomic E-state index is -1.87. The summed E-state index contributed by atoms with van der Waals surface area (Å²) in [6.07, 6.45) is 1.24. The van der Waals surface area contributed by atoms with Crippen LogP contribution in [0.25, 0.3) is 22.3 Å². The van der Waals surface area contributed by atoms with Gasteiger partial charge in [0.1, 0.15) is 6.61 Å². The third-order valence-electron chi connectivity index (χ3n) is 6.88. The van der Waals surface area contributed by atoms with Crippen LogP contribution in [0.3, 0.4) is 0 Å². The number of nitrogens with zero attached hydrogens (tertiary/aromatic N) is 2. The summed E-state index contributed by atoms with van der Waals surface area (Å²) in [7, 11) is 0. The number of esters is 1. The van der Waals surface area contributed by atoms with E-state index in [0.717, 1.165) is 16.5 Å². The average Bonchev–Trinajstić information content (AvgIpc) is 3.42. The Morgan fingerprint density at radius 1 is 1.12 bits per heavy atom. The maximum atomic E-state index is 13.4. The van der Waals surface area contributed by atoms with Gasteiger partial charge in [-0.1, -0.05) is 6.92 Å². The summed E-state index contributed by atoms with van der Waals surface area (Å²) in [6, 6.07) is 5.42. The molecule has 0 aliphatic carbocycles. The van der Waals surface area contributed by atoms with E-state index >= 15 is 0 Å². The van der Waals surface area contributed by atoms with E-state index in [0.29, 0.717) is 47.8 Å². The second-order valence-electron chi connectivity index (χ2n) is 8.57. The van der Waals surface area contributed by atoms with E-state index in [-0.39, 0.29) is 43.1 Å². The molecule has 6 rings (SSSR count). The lowest BCUT2D eigenvalue weighted by Gasteiger charge is -2.31. The highest BCUT2D eigenvalue weighted by atomic mass is 16.7. The van der Waals surface area contributed by atoms with Gasteiger partial charge in [-0.25, -0.2) is 9.78 Å². The Labute approximate surface area is 188 Å². The minimum Gasteiger partial charge on any atom is -0.458 e. The Balaban J connectivity index is 1.63. The van der Waals surface area contributed by atoms with Gasteiger partial charge < -0.3 is 29.0 Å². The molecule has 1 aromatic carbocycles. The zero-order chi connectivity index (χ0) is 22.9. The van der Waals surface area contributed by atoms with E-state index < -0.39 is 11.6 Å². The summed E-state index contributed by atoms with van der Waals surface area (Å²) in [4.78, 5) is 30.7. The molecule has 33 heavy (non-hydrogen) atoms. The number of fused-ring (bicyclic) bond motifs is 6. The lowest BCUT2D eigenvalue weighted by Crippen LogP contribution is -2.44. The number of hydrogen-bond donors (Lipinski definition) is 2. The number of aromatic nitrogens is 2. The highest BCUT2D eigenvalue weighted by molar-refractivity contribution is 5.91. The first-order chi connectivity index (χ1) is 16.0. The number of aryl methyl sites for hydroxylation is 1. The maximum absolute atomic E-state index is 13.4. The number of pyridine rings is 2. The Morgan fingerprint density at radius 3 is 2.67 bits per heavy atom. The first kappa shape index (κ1) is 20.2. The molecule has 0 saturated heterocycles. The molecule has 3 aliphatic rings. The minimum absolute atomic E-state index is 0.0350. The monoisotopic (exact) mass is 450 g/mol. The molecule has 1 atom stereocenters. The Hall–Kier alpha value is -3.43. The second-order valence-corrected chi connectivity index (χ2v) is 8.57. The van der Waals surface area contributed by atoms with Gasteiger partial charge in [0.2, 0.25) is 6.79 Å². The number of rotatable bonds is 4. The zero-order valence-corrected chi connectivity index (χ0v) is 18.0. The van der Waals surface area contributed by atoms with Crippen molar-refractivity contribution < 1.29 is 29.2 Å². The number of carbonyl (C=O) groups excluding carboxylic acids is 1. The van der Waals surface area contributed by atoms with Crippen LogP contribution in [0.15, 0.2) is 23.0 Å². The van der Waals surface area contributed by atoms with E-state index in [1.807, 2.05) is 12.1 Å². The van der Waals surface area contributed by atoms with Crippen molar-refractivity contribution in [3.8, 4) is 22.9 Å². The van der Waals surface area contributed by atoms with Crippen LogP contribution in [-0.2, 0) is 34.7 Å². The van der Waals surface area contributed by atoms with Crippen LogP contribution < -0.4 is 15.0 Å². The van der Waals surface area contributed by atoms with Crippen molar-refractivity contribution in [1.82, 2.24) is 9.55 Å². The molecule has 0 spiro atoms. The van der Waals surface area contributed by atoms with Gasteiger partial charge >= 0.3 is 5.97 Å². The van der Waals surface area contributed by atoms with Gasteiger partial charge in [-0.05, 0) is 37.0 Å².